The predicted octanol–water partition coefficient (Wildman–Crippen LogP) is 7.68. The molecule has 2 aromatic heterocycles. The van der Waals surface area contributed by atoms with Gasteiger partial charge in [0.1, 0.15) is 18.2 Å². The Kier molecular flexibility index (Phi) is 8.31. The molecule has 0 unspecified atom stereocenters. The monoisotopic (exact) mass is 596 g/mol. The average molecular weight is 598 g/mol. The molecule has 0 aliphatic heterocycles. The minimum Gasteiger partial charge on any atom is -0.489 e. The van der Waals surface area contributed by atoms with Crippen molar-refractivity contribution in [3.05, 3.63) is 122 Å². The number of aromatic nitrogens is 3. The third-order valence-electron chi connectivity index (χ3n) is 6.99. The molecule has 7 heteroatoms. The number of nitrogens with zero attached hydrogens (tertiary/aromatic N) is 4. The Balaban J connectivity index is 1.41. The maximum absolute atomic E-state index is 13.4. The molecule has 204 valence electrons. The summed E-state index contributed by atoms with van der Waals surface area (Å²) in [5.74, 6) is 1.50. The van der Waals surface area contributed by atoms with Gasteiger partial charge in [-0.15, -0.1) is 0 Å². The molecule has 3 aromatic carbocycles. The molecule has 6 nitrogen and oxygen atoms in total. The van der Waals surface area contributed by atoms with E-state index < -0.39 is 0 Å². The van der Waals surface area contributed by atoms with Crippen LogP contribution >= 0.6 is 15.9 Å². The van der Waals surface area contributed by atoms with Crippen LogP contribution in [0.3, 0.4) is 0 Å². The molecule has 5 aromatic rings. The quantitative estimate of drug-likeness (QED) is 0.164. The lowest BCUT2D eigenvalue weighted by molar-refractivity contribution is 0.306. The second-order valence-electron chi connectivity index (χ2n) is 10.1. The Bertz CT molecular complexity index is 1750. The first-order valence-corrected chi connectivity index (χ1v) is 14.4. The number of rotatable bonds is 9. The van der Waals surface area contributed by atoms with Crippen LogP contribution < -0.4 is 10.3 Å². The van der Waals surface area contributed by atoms with Crippen molar-refractivity contribution in [2.24, 2.45) is 5.10 Å². The molecule has 0 bridgehead atoms. The Hall–Kier alpha value is -3.97. The van der Waals surface area contributed by atoms with Crippen molar-refractivity contribution in [3.8, 4) is 11.4 Å². The molecule has 40 heavy (non-hydrogen) atoms. The Morgan fingerprint density at radius 3 is 2.55 bits per heavy atom. The molecule has 0 N–H and O–H groups in total. The summed E-state index contributed by atoms with van der Waals surface area (Å²) < 4.78 is 10.5. The fourth-order valence-electron chi connectivity index (χ4n) is 4.91. The van der Waals surface area contributed by atoms with Crippen LogP contribution in [0.4, 0.5) is 0 Å². The molecule has 5 rings (SSSR count). The molecule has 0 saturated heterocycles. The molecule has 0 amide bonds. The lowest BCUT2D eigenvalue weighted by Gasteiger charge is -2.12. The van der Waals surface area contributed by atoms with Gasteiger partial charge in [0.25, 0.3) is 5.56 Å². The van der Waals surface area contributed by atoms with E-state index in [1.165, 1.54) is 10.2 Å². The van der Waals surface area contributed by atoms with E-state index in [9.17, 15) is 4.79 Å². The molecule has 2 heterocycles. The minimum absolute atomic E-state index is 0.163. The molecule has 0 spiro atoms. The summed E-state index contributed by atoms with van der Waals surface area (Å²) >= 11 is 3.47. The molecule has 0 radical (unpaired) electrons. The van der Waals surface area contributed by atoms with Gasteiger partial charge in [-0.2, -0.15) is 9.78 Å². The Morgan fingerprint density at radius 2 is 1.80 bits per heavy atom. The first kappa shape index (κ1) is 27.6. The third-order valence-corrected chi connectivity index (χ3v) is 7.49. The number of benzene rings is 3. The Labute approximate surface area is 243 Å². The highest BCUT2D eigenvalue weighted by Gasteiger charge is 2.13. The minimum atomic E-state index is -0.163. The Morgan fingerprint density at radius 1 is 1.00 bits per heavy atom. The zero-order chi connectivity index (χ0) is 28.2. The summed E-state index contributed by atoms with van der Waals surface area (Å²) in [4.78, 5) is 18.2. The third kappa shape index (κ3) is 5.94. The van der Waals surface area contributed by atoms with Crippen LogP contribution in [0.15, 0.2) is 87.2 Å². The van der Waals surface area contributed by atoms with Gasteiger partial charge in [-0.25, -0.2) is 4.98 Å². The molecular formula is C33H33BrN4O2. The van der Waals surface area contributed by atoms with Crippen LogP contribution in [-0.2, 0) is 13.0 Å². The normalized spacial score (nSPS) is 11.5. The maximum atomic E-state index is 13.4. The van der Waals surface area contributed by atoms with Crippen LogP contribution in [0.1, 0.15) is 53.7 Å². The van der Waals surface area contributed by atoms with E-state index >= 15 is 0 Å². The van der Waals surface area contributed by atoms with Gasteiger partial charge in [-0.3, -0.25) is 4.79 Å². The first-order valence-electron chi connectivity index (χ1n) is 13.6. The van der Waals surface area contributed by atoms with Crippen molar-refractivity contribution in [3.63, 3.8) is 0 Å². The summed E-state index contributed by atoms with van der Waals surface area (Å²) in [6.45, 7) is 8.87. The first-order chi connectivity index (χ1) is 19.3. The van der Waals surface area contributed by atoms with Crippen molar-refractivity contribution >= 4 is 33.0 Å². The van der Waals surface area contributed by atoms with E-state index in [0.29, 0.717) is 29.8 Å². The largest absolute Gasteiger partial charge is 0.489 e. The van der Waals surface area contributed by atoms with Gasteiger partial charge >= 0.3 is 0 Å². The van der Waals surface area contributed by atoms with E-state index in [1.54, 1.807) is 12.3 Å². The summed E-state index contributed by atoms with van der Waals surface area (Å²) in [5, 5.41) is 5.20. The van der Waals surface area contributed by atoms with Gasteiger partial charge < -0.3 is 9.30 Å². The average Bonchev–Trinajstić information content (AvgIpc) is 3.23. The highest BCUT2D eigenvalue weighted by atomic mass is 79.9. The lowest BCUT2D eigenvalue weighted by Crippen LogP contribution is -2.22. The highest BCUT2D eigenvalue weighted by molar-refractivity contribution is 9.10. The predicted molar refractivity (Wildman–Crippen MR) is 166 cm³/mol. The summed E-state index contributed by atoms with van der Waals surface area (Å²) in [6.07, 6.45) is 4.39. The number of hydrogen-bond acceptors (Lipinski definition) is 4. The van der Waals surface area contributed by atoms with E-state index in [-0.39, 0.29) is 5.56 Å². The van der Waals surface area contributed by atoms with Crippen LogP contribution in [0.25, 0.3) is 16.6 Å². The maximum Gasteiger partial charge on any atom is 0.282 e. The topological polar surface area (TPSA) is 61.4 Å². The molecule has 0 aliphatic carbocycles. The highest BCUT2D eigenvalue weighted by Crippen LogP contribution is 2.23. The second-order valence-corrected chi connectivity index (χ2v) is 11.0. The van der Waals surface area contributed by atoms with Gasteiger partial charge in [0.2, 0.25) is 0 Å². The van der Waals surface area contributed by atoms with Gasteiger partial charge in [0, 0.05) is 33.5 Å². The van der Waals surface area contributed by atoms with Crippen LogP contribution in [0, 0.1) is 20.8 Å². The number of hydrogen-bond donors (Lipinski definition) is 0. The number of halogens is 1. The van der Waals surface area contributed by atoms with Gasteiger partial charge in [-0.1, -0.05) is 59.1 Å². The van der Waals surface area contributed by atoms with E-state index in [1.807, 2.05) is 30.3 Å². The molecule has 0 saturated carbocycles. The molecular weight excluding hydrogens is 564 g/mol. The molecule has 0 fully saturated rings. The fraction of sp³-hybridized carbons (Fsp3) is 0.242. The van der Waals surface area contributed by atoms with E-state index in [0.717, 1.165) is 51.3 Å². The van der Waals surface area contributed by atoms with Crippen molar-refractivity contribution in [1.29, 1.82) is 0 Å². The number of aryl methyl sites for hydroxylation is 3. The number of unbranched alkanes of at least 4 members (excludes halogenated alkanes) is 1. The van der Waals surface area contributed by atoms with Gasteiger partial charge in [0.05, 0.1) is 17.1 Å². The number of fused-ring (bicyclic) bond motifs is 1. The smallest absolute Gasteiger partial charge is 0.282 e. The zero-order valence-corrected chi connectivity index (χ0v) is 24.9. The summed E-state index contributed by atoms with van der Waals surface area (Å²) in [5.41, 5.74) is 6.99. The standard InChI is InChI=1S/C33H33BrN4O2/c1-5-6-10-32-36-31-16-11-27(34)19-30(31)33(39)38(32)35-20-26-18-23(3)37(24(26)4)28-12-14-29(15-13-28)40-21-25-9-7-8-22(2)17-25/h7-9,11-20H,5-6,10,21H2,1-4H3. The summed E-state index contributed by atoms with van der Waals surface area (Å²) in [6, 6.07) is 24.1. The molecule has 0 atom stereocenters. The zero-order valence-electron chi connectivity index (χ0n) is 23.3. The lowest BCUT2D eigenvalue weighted by atomic mass is 10.1. The van der Waals surface area contributed by atoms with Gasteiger partial charge in [0.15, 0.2) is 0 Å². The summed E-state index contributed by atoms with van der Waals surface area (Å²) in [7, 11) is 0. The second kappa shape index (κ2) is 12.0. The van der Waals surface area contributed by atoms with Crippen molar-refractivity contribution < 1.29 is 4.74 Å². The van der Waals surface area contributed by atoms with Crippen LogP contribution in [-0.4, -0.2) is 20.4 Å². The van der Waals surface area contributed by atoms with Crippen molar-refractivity contribution in [2.75, 3.05) is 0 Å². The van der Waals surface area contributed by atoms with Crippen molar-refractivity contribution in [1.82, 2.24) is 14.2 Å². The fourth-order valence-corrected chi connectivity index (χ4v) is 5.27. The molecule has 0 aliphatic rings. The SMILES string of the molecule is CCCCc1nc2ccc(Br)cc2c(=O)n1N=Cc1cc(C)n(-c2ccc(OCc3cccc(C)c3)cc2)c1C. The van der Waals surface area contributed by atoms with E-state index in [4.69, 9.17) is 9.72 Å². The van der Waals surface area contributed by atoms with E-state index in [2.05, 4.69) is 89.7 Å². The van der Waals surface area contributed by atoms with Gasteiger partial charge in [-0.05, 0) is 81.3 Å². The van der Waals surface area contributed by atoms with Crippen molar-refractivity contribution in [2.45, 2.75) is 53.6 Å². The van der Waals surface area contributed by atoms with Crippen LogP contribution in [0.5, 0.6) is 5.75 Å². The number of ether oxygens (including phenoxy) is 1. The van der Waals surface area contributed by atoms with Crippen LogP contribution in [0.2, 0.25) is 0 Å².